The van der Waals surface area contributed by atoms with Crippen LogP contribution in [-0.4, -0.2) is 50.5 Å². The van der Waals surface area contributed by atoms with Gasteiger partial charge in [-0.3, -0.25) is 13.9 Å². The SMILES string of the molecule is CCCNC(=O)C(CC)N(Cc1ccc(C)cc1)C(=O)CN(c1ccc(F)c(Cl)c1)S(C)(=O)=O. The number of halogens is 2. The number of benzene rings is 2. The van der Waals surface area contributed by atoms with Crippen molar-refractivity contribution >= 4 is 39.1 Å². The van der Waals surface area contributed by atoms with Crippen LogP contribution < -0.4 is 9.62 Å². The zero-order valence-electron chi connectivity index (χ0n) is 19.8. The Kier molecular flexibility index (Phi) is 9.88. The predicted octanol–water partition coefficient (Wildman–Crippen LogP) is 3.89. The van der Waals surface area contributed by atoms with Gasteiger partial charge in [0.25, 0.3) is 0 Å². The molecule has 0 aromatic heterocycles. The number of anilines is 1. The maximum absolute atomic E-state index is 13.6. The Morgan fingerprint density at radius 2 is 1.76 bits per heavy atom. The molecule has 2 amide bonds. The number of nitrogens with one attached hydrogen (secondary N) is 1. The summed E-state index contributed by atoms with van der Waals surface area (Å²) >= 11 is 5.85. The van der Waals surface area contributed by atoms with Gasteiger partial charge in [-0.1, -0.05) is 55.3 Å². The standard InChI is InChI=1S/C24H31ClFN3O4S/c1-5-13-27-24(31)22(6-2)28(15-18-9-7-17(3)8-10-18)23(30)16-29(34(4,32)33)19-11-12-21(26)20(25)14-19/h7-12,14,22H,5-6,13,15-16H2,1-4H3,(H,27,31). The minimum atomic E-state index is -3.92. The third kappa shape index (κ3) is 7.43. The molecule has 0 bridgehead atoms. The number of carbonyl (C=O) groups excluding carboxylic acids is 2. The highest BCUT2D eigenvalue weighted by molar-refractivity contribution is 7.92. The van der Waals surface area contributed by atoms with Crippen LogP contribution >= 0.6 is 11.6 Å². The summed E-state index contributed by atoms with van der Waals surface area (Å²) in [6.45, 7) is 5.68. The largest absolute Gasteiger partial charge is 0.354 e. The fourth-order valence-corrected chi connectivity index (χ4v) is 4.45. The second-order valence-corrected chi connectivity index (χ2v) is 10.4. The van der Waals surface area contributed by atoms with Crippen molar-refractivity contribution in [1.82, 2.24) is 10.2 Å². The first-order chi connectivity index (χ1) is 16.0. The van der Waals surface area contributed by atoms with Crippen molar-refractivity contribution in [1.29, 1.82) is 0 Å². The number of amides is 2. The number of carbonyl (C=O) groups is 2. The van der Waals surface area contributed by atoms with Crippen LogP contribution in [0.3, 0.4) is 0 Å². The summed E-state index contributed by atoms with van der Waals surface area (Å²) < 4.78 is 39.6. The Balaban J connectivity index is 2.43. The minimum absolute atomic E-state index is 0.0565. The highest BCUT2D eigenvalue weighted by Crippen LogP contribution is 2.25. The fraction of sp³-hybridized carbons (Fsp3) is 0.417. The summed E-state index contributed by atoms with van der Waals surface area (Å²) in [6, 6.07) is 10.2. The molecule has 1 atom stereocenters. The van der Waals surface area contributed by atoms with Crippen molar-refractivity contribution in [3.8, 4) is 0 Å². The van der Waals surface area contributed by atoms with Gasteiger partial charge >= 0.3 is 0 Å². The van der Waals surface area contributed by atoms with Crippen LogP contribution in [0, 0.1) is 12.7 Å². The second kappa shape index (κ2) is 12.2. The summed E-state index contributed by atoms with van der Waals surface area (Å²) in [5.74, 6) is -1.57. The Morgan fingerprint density at radius 1 is 1.12 bits per heavy atom. The van der Waals surface area contributed by atoms with E-state index in [2.05, 4.69) is 5.32 Å². The highest BCUT2D eigenvalue weighted by atomic mass is 35.5. The summed E-state index contributed by atoms with van der Waals surface area (Å²) in [5.41, 5.74) is 1.91. The van der Waals surface area contributed by atoms with E-state index in [-0.39, 0.29) is 23.2 Å². The fourth-order valence-electron chi connectivity index (χ4n) is 3.43. The molecule has 0 radical (unpaired) electrons. The third-order valence-electron chi connectivity index (χ3n) is 5.28. The van der Waals surface area contributed by atoms with Gasteiger partial charge in [0.2, 0.25) is 21.8 Å². The first kappa shape index (κ1) is 27.6. The van der Waals surface area contributed by atoms with E-state index in [1.54, 1.807) is 6.92 Å². The van der Waals surface area contributed by atoms with Crippen LogP contribution in [-0.2, 0) is 26.2 Å². The molecule has 1 unspecified atom stereocenters. The summed E-state index contributed by atoms with van der Waals surface area (Å²) in [5, 5.41) is 2.56. The molecule has 0 aliphatic heterocycles. The summed E-state index contributed by atoms with van der Waals surface area (Å²) in [4.78, 5) is 27.8. The van der Waals surface area contributed by atoms with E-state index in [9.17, 15) is 22.4 Å². The molecule has 2 aromatic carbocycles. The Bertz CT molecular complexity index is 1110. The number of nitrogens with zero attached hydrogens (tertiary/aromatic N) is 2. The topological polar surface area (TPSA) is 86.8 Å². The van der Waals surface area contributed by atoms with Gasteiger partial charge in [0.05, 0.1) is 17.0 Å². The van der Waals surface area contributed by atoms with Crippen LogP contribution in [0.5, 0.6) is 0 Å². The first-order valence-corrected chi connectivity index (χ1v) is 13.3. The lowest BCUT2D eigenvalue weighted by atomic mass is 10.1. The van der Waals surface area contributed by atoms with E-state index in [1.807, 2.05) is 38.1 Å². The highest BCUT2D eigenvalue weighted by Gasteiger charge is 2.31. The Hall–Kier alpha value is -2.65. The molecule has 10 heteroatoms. The van der Waals surface area contributed by atoms with E-state index in [0.29, 0.717) is 13.0 Å². The van der Waals surface area contributed by atoms with Gasteiger partial charge < -0.3 is 10.2 Å². The smallest absolute Gasteiger partial charge is 0.244 e. The van der Waals surface area contributed by atoms with E-state index in [0.717, 1.165) is 40.2 Å². The molecule has 0 heterocycles. The predicted molar refractivity (Wildman–Crippen MR) is 133 cm³/mol. The van der Waals surface area contributed by atoms with Crippen molar-refractivity contribution in [3.05, 3.63) is 64.4 Å². The van der Waals surface area contributed by atoms with Crippen LogP contribution in [0.4, 0.5) is 10.1 Å². The summed E-state index contributed by atoms with van der Waals surface area (Å²) in [7, 11) is -3.92. The van der Waals surface area contributed by atoms with E-state index in [4.69, 9.17) is 11.6 Å². The molecule has 7 nitrogen and oxygen atoms in total. The van der Waals surface area contributed by atoms with Gasteiger partial charge in [0.15, 0.2) is 0 Å². The van der Waals surface area contributed by atoms with Crippen molar-refractivity contribution in [2.24, 2.45) is 0 Å². The summed E-state index contributed by atoms with van der Waals surface area (Å²) in [6.07, 6.45) is 2.03. The molecule has 0 aliphatic rings. The van der Waals surface area contributed by atoms with E-state index in [1.165, 1.54) is 11.0 Å². The van der Waals surface area contributed by atoms with Crippen molar-refractivity contribution < 1.29 is 22.4 Å². The molecule has 34 heavy (non-hydrogen) atoms. The molecule has 0 spiro atoms. The van der Waals surface area contributed by atoms with Gasteiger partial charge in [0, 0.05) is 13.1 Å². The number of sulfonamides is 1. The monoisotopic (exact) mass is 511 g/mol. The van der Waals surface area contributed by atoms with Gasteiger partial charge in [-0.2, -0.15) is 0 Å². The molecule has 0 saturated heterocycles. The lowest BCUT2D eigenvalue weighted by Crippen LogP contribution is -2.52. The average molecular weight is 512 g/mol. The molecule has 0 fully saturated rings. The zero-order valence-corrected chi connectivity index (χ0v) is 21.4. The molecule has 186 valence electrons. The third-order valence-corrected chi connectivity index (χ3v) is 6.71. The van der Waals surface area contributed by atoms with Gasteiger partial charge in [0.1, 0.15) is 18.4 Å². The van der Waals surface area contributed by atoms with E-state index < -0.39 is 34.3 Å². The lowest BCUT2D eigenvalue weighted by molar-refractivity contribution is -0.140. The molecule has 2 rings (SSSR count). The average Bonchev–Trinajstić information content (AvgIpc) is 2.78. The number of hydrogen-bond donors (Lipinski definition) is 1. The van der Waals surface area contributed by atoms with Crippen LogP contribution in [0.2, 0.25) is 5.02 Å². The van der Waals surface area contributed by atoms with Gasteiger partial charge in [-0.15, -0.1) is 0 Å². The molecule has 0 saturated carbocycles. The van der Waals surface area contributed by atoms with Crippen molar-refractivity contribution in [2.75, 3.05) is 23.7 Å². The lowest BCUT2D eigenvalue weighted by Gasteiger charge is -2.33. The quantitative estimate of drug-likeness (QED) is 0.496. The Labute approximate surface area is 205 Å². The molecular formula is C24H31ClFN3O4S. The van der Waals surface area contributed by atoms with E-state index >= 15 is 0 Å². The van der Waals surface area contributed by atoms with Gasteiger partial charge in [-0.25, -0.2) is 12.8 Å². The van der Waals surface area contributed by atoms with Gasteiger partial charge in [-0.05, 0) is 43.5 Å². The molecule has 0 aliphatic carbocycles. The minimum Gasteiger partial charge on any atom is -0.354 e. The maximum atomic E-state index is 13.6. The Morgan fingerprint density at radius 3 is 2.29 bits per heavy atom. The number of rotatable bonds is 11. The van der Waals surface area contributed by atoms with Crippen molar-refractivity contribution in [2.45, 2.75) is 46.2 Å². The molecule has 2 aromatic rings. The first-order valence-electron chi connectivity index (χ1n) is 11.0. The van der Waals surface area contributed by atoms with Crippen molar-refractivity contribution in [3.63, 3.8) is 0 Å². The zero-order chi connectivity index (χ0) is 25.5. The molecule has 1 N–H and O–H groups in total. The normalized spacial score (nSPS) is 12.2. The number of aryl methyl sites for hydroxylation is 1. The maximum Gasteiger partial charge on any atom is 0.244 e. The van der Waals surface area contributed by atoms with Crippen LogP contribution in [0.15, 0.2) is 42.5 Å². The number of hydrogen-bond acceptors (Lipinski definition) is 4. The van der Waals surface area contributed by atoms with Crippen LogP contribution in [0.25, 0.3) is 0 Å². The molecular weight excluding hydrogens is 481 g/mol. The van der Waals surface area contributed by atoms with Crippen LogP contribution in [0.1, 0.15) is 37.8 Å². The second-order valence-electron chi connectivity index (χ2n) is 8.09.